The predicted molar refractivity (Wildman–Crippen MR) is 67.3 cm³/mol. The second-order valence-electron chi connectivity index (χ2n) is 5.20. The third-order valence-corrected chi connectivity index (χ3v) is 3.92. The van der Waals surface area contributed by atoms with Gasteiger partial charge in [0.15, 0.2) is 0 Å². The summed E-state index contributed by atoms with van der Waals surface area (Å²) in [5.74, 6) is 0. The molecule has 2 heteroatoms. The zero-order chi connectivity index (χ0) is 11.2. The highest BCUT2D eigenvalue weighted by Gasteiger charge is 2.40. The largest absolute Gasteiger partial charge is 0.351 e. The van der Waals surface area contributed by atoms with Crippen molar-refractivity contribution in [3.05, 3.63) is 36.0 Å². The van der Waals surface area contributed by atoms with Crippen LogP contribution in [0.15, 0.2) is 30.5 Å². The first-order chi connectivity index (χ1) is 7.72. The van der Waals surface area contributed by atoms with Gasteiger partial charge in [-0.1, -0.05) is 6.07 Å². The number of nitrogens with two attached hydrogens (primary N) is 1. The first-order valence-corrected chi connectivity index (χ1v) is 5.97. The molecule has 0 saturated heterocycles. The highest BCUT2D eigenvalue weighted by Crippen LogP contribution is 2.47. The van der Waals surface area contributed by atoms with Crippen molar-refractivity contribution in [2.24, 2.45) is 18.2 Å². The average molecular weight is 214 g/mol. The molecule has 1 fully saturated rings. The van der Waals surface area contributed by atoms with Gasteiger partial charge < -0.3 is 10.3 Å². The molecule has 1 saturated carbocycles. The standard InChI is InChI=1S/C14H18N2/c1-16-7-4-12-8-11(2-3-13(12)16)9-14(10-15)5-6-14/h2-4,7-8H,5-6,9-10,15H2,1H3. The topological polar surface area (TPSA) is 30.9 Å². The molecule has 2 aromatic rings. The number of hydrogen-bond donors (Lipinski definition) is 1. The van der Waals surface area contributed by atoms with Crippen molar-refractivity contribution in [1.29, 1.82) is 0 Å². The van der Waals surface area contributed by atoms with E-state index >= 15 is 0 Å². The Morgan fingerprint density at radius 2 is 2.12 bits per heavy atom. The fourth-order valence-electron chi connectivity index (χ4n) is 2.50. The van der Waals surface area contributed by atoms with Gasteiger partial charge in [0.25, 0.3) is 0 Å². The summed E-state index contributed by atoms with van der Waals surface area (Å²) in [6.07, 6.45) is 5.87. The summed E-state index contributed by atoms with van der Waals surface area (Å²) in [6.45, 7) is 0.833. The summed E-state index contributed by atoms with van der Waals surface area (Å²) in [6, 6.07) is 8.96. The van der Waals surface area contributed by atoms with Crippen molar-refractivity contribution in [2.45, 2.75) is 19.3 Å². The molecule has 0 aliphatic heterocycles. The molecule has 1 aromatic heterocycles. The molecule has 1 aliphatic carbocycles. The lowest BCUT2D eigenvalue weighted by Crippen LogP contribution is -2.17. The highest BCUT2D eigenvalue weighted by molar-refractivity contribution is 5.80. The Morgan fingerprint density at radius 1 is 1.31 bits per heavy atom. The summed E-state index contributed by atoms with van der Waals surface area (Å²) in [4.78, 5) is 0. The molecule has 0 atom stereocenters. The number of aromatic nitrogens is 1. The van der Waals surface area contributed by atoms with Crippen molar-refractivity contribution in [2.75, 3.05) is 6.54 Å². The summed E-state index contributed by atoms with van der Waals surface area (Å²) in [7, 11) is 2.09. The van der Waals surface area contributed by atoms with Crippen molar-refractivity contribution in [1.82, 2.24) is 4.57 Å². The van der Waals surface area contributed by atoms with Crippen molar-refractivity contribution < 1.29 is 0 Å². The fraction of sp³-hybridized carbons (Fsp3) is 0.429. The van der Waals surface area contributed by atoms with Crippen LogP contribution in [0, 0.1) is 5.41 Å². The molecule has 2 nitrogen and oxygen atoms in total. The lowest BCUT2D eigenvalue weighted by atomic mass is 9.96. The second kappa shape index (κ2) is 3.36. The Bertz CT molecular complexity index is 521. The van der Waals surface area contributed by atoms with E-state index < -0.39 is 0 Å². The molecular weight excluding hydrogens is 196 g/mol. The van der Waals surface area contributed by atoms with Gasteiger partial charge in [-0.3, -0.25) is 0 Å². The van der Waals surface area contributed by atoms with Crippen LogP contribution in [0.5, 0.6) is 0 Å². The van der Waals surface area contributed by atoms with E-state index in [1.54, 1.807) is 0 Å². The molecular formula is C14H18N2. The Morgan fingerprint density at radius 3 is 2.81 bits per heavy atom. The van der Waals surface area contributed by atoms with Crippen LogP contribution in [-0.4, -0.2) is 11.1 Å². The van der Waals surface area contributed by atoms with E-state index in [9.17, 15) is 0 Å². The predicted octanol–water partition coefficient (Wildman–Crippen LogP) is 2.46. The lowest BCUT2D eigenvalue weighted by molar-refractivity contribution is 0.521. The van der Waals surface area contributed by atoms with Crippen LogP contribution < -0.4 is 5.73 Å². The van der Waals surface area contributed by atoms with E-state index in [2.05, 4.69) is 42.1 Å². The third kappa shape index (κ3) is 1.54. The van der Waals surface area contributed by atoms with Crippen LogP contribution in [0.1, 0.15) is 18.4 Å². The molecule has 0 unspecified atom stereocenters. The minimum Gasteiger partial charge on any atom is -0.351 e. The van der Waals surface area contributed by atoms with E-state index in [1.165, 1.54) is 29.3 Å². The number of rotatable bonds is 3. The van der Waals surface area contributed by atoms with E-state index in [4.69, 9.17) is 5.73 Å². The molecule has 0 bridgehead atoms. The summed E-state index contributed by atoms with van der Waals surface area (Å²) >= 11 is 0. The second-order valence-corrected chi connectivity index (χ2v) is 5.20. The number of aryl methyl sites for hydroxylation is 1. The van der Waals surface area contributed by atoms with Crippen LogP contribution in [0.3, 0.4) is 0 Å². The molecule has 16 heavy (non-hydrogen) atoms. The number of fused-ring (bicyclic) bond motifs is 1. The van der Waals surface area contributed by atoms with Gasteiger partial charge >= 0.3 is 0 Å². The van der Waals surface area contributed by atoms with Gasteiger partial charge in [-0.2, -0.15) is 0 Å². The van der Waals surface area contributed by atoms with Crippen LogP contribution in [0.2, 0.25) is 0 Å². The molecule has 3 rings (SSSR count). The van der Waals surface area contributed by atoms with Crippen LogP contribution in [-0.2, 0) is 13.5 Å². The molecule has 1 aliphatic rings. The van der Waals surface area contributed by atoms with E-state index in [-0.39, 0.29) is 0 Å². The minimum atomic E-state index is 0.433. The number of benzene rings is 1. The van der Waals surface area contributed by atoms with Gasteiger partial charge in [0, 0.05) is 18.8 Å². The maximum atomic E-state index is 5.83. The molecule has 0 amide bonds. The maximum Gasteiger partial charge on any atom is 0.0477 e. The SMILES string of the molecule is Cn1ccc2cc(CC3(CN)CC3)ccc21. The third-order valence-electron chi connectivity index (χ3n) is 3.92. The smallest absolute Gasteiger partial charge is 0.0477 e. The summed E-state index contributed by atoms with van der Waals surface area (Å²) < 4.78 is 2.16. The van der Waals surface area contributed by atoms with Gasteiger partial charge in [0.2, 0.25) is 0 Å². The lowest BCUT2D eigenvalue weighted by Gasteiger charge is -2.12. The summed E-state index contributed by atoms with van der Waals surface area (Å²) in [5.41, 5.74) is 9.00. The van der Waals surface area contributed by atoms with Crippen LogP contribution in [0.4, 0.5) is 0 Å². The Hall–Kier alpha value is -1.28. The Balaban J connectivity index is 1.93. The molecule has 0 radical (unpaired) electrons. The fourth-order valence-corrected chi connectivity index (χ4v) is 2.50. The number of hydrogen-bond acceptors (Lipinski definition) is 1. The van der Waals surface area contributed by atoms with Gasteiger partial charge in [-0.25, -0.2) is 0 Å². The van der Waals surface area contributed by atoms with E-state index in [1.807, 2.05) is 0 Å². The number of nitrogens with zero attached hydrogens (tertiary/aromatic N) is 1. The summed E-state index contributed by atoms with van der Waals surface area (Å²) in [5, 5.41) is 1.34. The minimum absolute atomic E-state index is 0.433. The monoisotopic (exact) mass is 214 g/mol. The van der Waals surface area contributed by atoms with Crippen LogP contribution in [0.25, 0.3) is 10.9 Å². The van der Waals surface area contributed by atoms with E-state index in [0.717, 1.165) is 13.0 Å². The van der Waals surface area contributed by atoms with E-state index in [0.29, 0.717) is 5.41 Å². The molecule has 1 heterocycles. The molecule has 1 aromatic carbocycles. The van der Waals surface area contributed by atoms with Gasteiger partial charge in [0.05, 0.1) is 0 Å². The molecule has 2 N–H and O–H groups in total. The average Bonchev–Trinajstić information content (AvgIpc) is 2.98. The normalized spacial score (nSPS) is 17.9. The van der Waals surface area contributed by atoms with Crippen molar-refractivity contribution in [3.63, 3.8) is 0 Å². The van der Waals surface area contributed by atoms with Gasteiger partial charge in [-0.05, 0) is 60.4 Å². The first-order valence-electron chi connectivity index (χ1n) is 5.97. The van der Waals surface area contributed by atoms with Gasteiger partial charge in [-0.15, -0.1) is 0 Å². The molecule has 84 valence electrons. The van der Waals surface area contributed by atoms with Gasteiger partial charge in [0.1, 0.15) is 0 Å². The van der Waals surface area contributed by atoms with Crippen molar-refractivity contribution >= 4 is 10.9 Å². The zero-order valence-electron chi connectivity index (χ0n) is 9.74. The first kappa shape index (κ1) is 9.91. The Labute approximate surface area is 96.1 Å². The highest BCUT2D eigenvalue weighted by atomic mass is 14.9. The quantitative estimate of drug-likeness (QED) is 0.836. The zero-order valence-corrected chi connectivity index (χ0v) is 9.74. The van der Waals surface area contributed by atoms with Crippen LogP contribution >= 0.6 is 0 Å². The maximum absolute atomic E-state index is 5.83. The Kier molecular flexibility index (Phi) is 2.08. The molecule has 0 spiro atoms. The van der Waals surface area contributed by atoms with Crippen molar-refractivity contribution in [3.8, 4) is 0 Å².